The van der Waals surface area contributed by atoms with Crippen LogP contribution in [-0.4, -0.2) is 45.7 Å². The number of carbonyl (C=O) groups excluding carboxylic acids is 1. The van der Waals surface area contributed by atoms with E-state index in [4.69, 9.17) is 5.11 Å². The fourth-order valence-electron chi connectivity index (χ4n) is 3.20. The highest BCUT2D eigenvalue weighted by Crippen LogP contribution is 3.02. The Morgan fingerprint density at radius 3 is 2.34 bits per heavy atom. The van der Waals surface area contributed by atoms with Gasteiger partial charge >= 0.3 is 16.3 Å². The van der Waals surface area contributed by atoms with Crippen molar-refractivity contribution in [1.29, 1.82) is 0 Å². The molecular weight excluding hydrogens is 471 g/mol. The first-order valence-electron chi connectivity index (χ1n) is 8.95. The summed E-state index contributed by atoms with van der Waals surface area (Å²) in [5.74, 6) is -1.74. The smallest absolute Gasteiger partial charge is 0.408 e. The Morgan fingerprint density at radius 2 is 1.78 bits per heavy atom. The fourth-order valence-corrected chi connectivity index (χ4v) is 3.85. The first kappa shape index (κ1) is 23.6. The maximum Gasteiger partial charge on any atom is 0.408 e. The number of rotatable bonds is 5. The van der Waals surface area contributed by atoms with Crippen LogP contribution in [0.5, 0.6) is 0 Å². The molecule has 2 aromatic rings. The summed E-state index contributed by atoms with van der Waals surface area (Å²) in [5.41, 5.74) is -0.227. The molecule has 3 rings (SSSR count). The van der Waals surface area contributed by atoms with Crippen LogP contribution in [-0.2, 0) is 11.3 Å². The highest BCUT2D eigenvalue weighted by Gasteiger charge is 2.65. The van der Waals surface area contributed by atoms with Crippen LogP contribution in [0.25, 0.3) is 11.3 Å². The van der Waals surface area contributed by atoms with E-state index in [0.717, 1.165) is 24.4 Å². The van der Waals surface area contributed by atoms with Gasteiger partial charge in [0.25, 0.3) is 0 Å². The van der Waals surface area contributed by atoms with Gasteiger partial charge in [-0.1, -0.05) is 31.6 Å². The van der Waals surface area contributed by atoms with Gasteiger partial charge in [-0.05, 0) is 18.2 Å². The molecule has 14 heteroatoms. The SMILES string of the molecule is O=C(NCc1cc(-c2ccc(S(F)(F)(F)(F)F)cc2)ncc1F)[C@@H]1C[C@@H](F)CN1C(=O)O. The minimum absolute atomic E-state index is 0.0173. The van der Waals surface area contributed by atoms with Crippen molar-refractivity contribution >= 4 is 22.2 Å². The number of hydrogen-bond donors (Lipinski definition) is 2. The second-order valence-electron chi connectivity index (χ2n) is 7.16. The van der Waals surface area contributed by atoms with E-state index in [0.29, 0.717) is 4.90 Å². The van der Waals surface area contributed by atoms with Crippen LogP contribution < -0.4 is 5.32 Å². The molecule has 1 aromatic carbocycles. The van der Waals surface area contributed by atoms with Crippen LogP contribution in [0.2, 0.25) is 0 Å². The summed E-state index contributed by atoms with van der Waals surface area (Å²) in [6, 6.07) is 1.67. The van der Waals surface area contributed by atoms with Gasteiger partial charge in [-0.2, -0.15) is 0 Å². The maximum absolute atomic E-state index is 14.1. The van der Waals surface area contributed by atoms with E-state index in [1.54, 1.807) is 0 Å². The molecule has 176 valence electrons. The molecule has 2 heterocycles. The molecule has 2 atom stereocenters. The van der Waals surface area contributed by atoms with E-state index in [1.165, 1.54) is 0 Å². The second-order valence-corrected chi connectivity index (χ2v) is 9.57. The normalized spacial score (nSPS) is 21.0. The number of aromatic nitrogens is 1. The average Bonchev–Trinajstić information content (AvgIpc) is 3.08. The fraction of sp³-hybridized carbons (Fsp3) is 0.278. The van der Waals surface area contributed by atoms with Gasteiger partial charge in [0.1, 0.15) is 22.9 Å². The predicted octanol–water partition coefficient (Wildman–Crippen LogP) is 5.25. The summed E-state index contributed by atoms with van der Waals surface area (Å²) in [5, 5.41) is 11.3. The van der Waals surface area contributed by atoms with Crippen molar-refractivity contribution < 1.29 is 42.9 Å². The molecule has 1 fully saturated rings. The lowest BCUT2D eigenvalue weighted by Crippen LogP contribution is -2.45. The molecule has 0 saturated carbocycles. The summed E-state index contributed by atoms with van der Waals surface area (Å²) >= 11 is 0. The number of halogens is 7. The minimum atomic E-state index is -9.85. The van der Waals surface area contributed by atoms with Crippen molar-refractivity contribution in [3.63, 3.8) is 0 Å². The van der Waals surface area contributed by atoms with Crippen molar-refractivity contribution in [2.45, 2.75) is 30.1 Å². The topological polar surface area (TPSA) is 82.5 Å². The van der Waals surface area contributed by atoms with Crippen LogP contribution in [0.15, 0.2) is 41.4 Å². The standard InChI is InChI=1S/C18H16F7N3O3S/c19-12-6-16(28(9-12)18(30)31)17(29)27-7-11-5-15(26-8-14(11)20)10-1-3-13(4-2-10)32(21,22,23,24)25/h1-5,8,12,16H,6-7,9H2,(H,27,29)(H,30,31)/t12-,16+/m1/s1. The molecule has 1 aromatic heterocycles. The number of carbonyl (C=O) groups is 2. The van der Waals surface area contributed by atoms with Crippen molar-refractivity contribution in [2.24, 2.45) is 0 Å². The van der Waals surface area contributed by atoms with Crippen LogP contribution in [0.1, 0.15) is 12.0 Å². The van der Waals surface area contributed by atoms with Gasteiger partial charge < -0.3 is 10.4 Å². The van der Waals surface area contributed by atoms with E-state index in [9.17, 15) is 37.8 Å². The number of amides is 2. The van der Waals surface area contributed by atoms with Crippen molar-refractivity contribution in [3.05, 3.63) is 47.9 Å². The summed E-state index contributed by atoms with van der Waals surface area (Å²) in [4.78, 5) is 25.6. The van der Waals surface area contributed by atoms with Gasteiger partial charge in [0, 0.05) is 24.1 Å². The zero-order valence-corrected chi connectivity index (χ0v) is 16.8. The third-order valence-corrected chi connectivity index (χ3v) is 5.94. The number of nitrogens with zero attached hydrogens (tertiary/aromatic N) is 2. The summed E-state index contributed by atoms with van der Waals surface area (Å²) in [6.07, 6.45) is -2.65. The van der Waals surface area contributed by atoms with E-state index in [1.807, 2.05) is 0 Å². The molecule has 1 saturated heterocycles. The summed E-state index contributed by atoms with van der Waals surface area (Å²) < 4.78 is 91.8. The molecule has 1 aliphatic rings. The third-order valence-electron chi connectivity index (χ3n) is 4.78. The first-order valence-corrected chi connectivity index (χ1v) is 10.9. The van der Waals surface area contributed by atoms with Gasteiger partial charge in [0.2, 0.25) is 5.91 Å². The summed E-state index contributed by atoms with van der Waals surface area (Å²) in [6.45, 7) is -0.930. The highest BCUT2D eigenvalue weighted by atomic mass is 32.5. The zero-order valence-electron chi connectivity index (χ0n) is 16.0. The van der Waals surface area contributed by atoms with Gasteiger partial charge in [0.05, 0.1) is 18.4 Å². The molecule has 6 nitrogen and oxygen atoms in total. The molecule has 0 spiro atoms. The Labute approximate surface area is 176 Å². The molecule has 0 unspecified atom stereocenters. The molecule has 1 aliphatic heterocycles. The van der Waals surface area contributed by atoms with E-state index in [2.05, 4.69) is 10.3 Å². The molecule has 0 bridgehead atoms. The number of likely N-dealkylation sites (tertiary alicyclic amines) is 1. The third kappa shape index (κ3) is 5.23. The van der Waals surface area contributed by atoms with E-state index in [-0.39, 0.29) is 35.4 Å². The van der Waals surface area contributed by atoms with Crippen LogP contribution in [0.3, 0.4) is 0 Å². The lowest BCUT2D eigenvalue weighted by Gasteiger charge is -2.40. The lowest BCUT2D eigenvalue weighted by molar-refractivity contribution is -0.125. The molecule has 2 N–H and O–H groups in total. The Morgan fingerprint density at radius 1 is 1.16 bits per heavy atom. The Kier molecular flexibility index (Phi) is 5.35. The average molecular weight is 487 g/mol. The quantitative estimate of drug-likeness (QED) is 0.565. The van der Waals surface area contributed by atoms with E-state index >= 15 is 0 Å². The maximum atomic E-state index is 14.1. The zero-order chi connectivity index (χ0) is 24.0. The second kappa shape index (κ2) is 7.25. The van der Waals surface area contributed by atoms with Gasteiger partial charge in [-0.25, -0.2) is 13.6 Å². The number of pyridine rings is 1. The van der Waals surface area contributed by atoms with Crippen LogP contribution in [0.4, 0.5) is 33.0 Å². The van der Waals surface area contributed by atoms with E-state index < -0.39 is 58.2 Å². The monoisotopic (exact) mass is 487 g/mol. The van der Waals surface area contributed by atoms with Gasteiger partial charge in [-0.3, -0.25) is 14.7 Å². The minimum Gasteiger partial charge on any atom is -0.465 e. The molecule has 32 heavy (non-hydrogen) atoms. The number of hydrogen-bond acceptors (Lipinski definition) is 3. The Balaban J connectivity index is 1.77. The number of nitrogens with one attached hydrogen (secondary N) is 1. The molecule has 0 radical (unpaired) electrons. The van der Waals surface area contributed by atoms with Gasteiger partial charge in [0.15, 0.2) is 0 Å². The van der Waals surface area contributed by atoms with Crippen molar-refractivity contribution in [3.8, 4) is 11.3 Å². The number of benzene rings is 1. The molecular formula is C18H16F7N3O3S. The number of carboxylic acid groups (broad SMARTS) is 1. The van der Waals surface area contributed by atoms with Crippen LogP contribution >= 0.6 is 10.2 Å². The first-order chi connectivity index (χ1) is 14.5. The summed E-state index contributed by atoms with van der Waals surface area (Å²) in [7, 11) is -9.85. The van der Waals surface area contributed by atoms with Gasteiger partial charge in [-0.15, -0.1) is 0 Å². The molecule has 2 amide bonds. The Bertz CT molecular complexity index is 1060. The predicted molar refractivity (Wildman–Crippen MR) is 101 cm³/mol. The lowest BCUT2D eigenvalue weighted by atomic mass is 10.1. The highest BCUT2D eigenvalue weighted by molar-refractivity contribution is 8.45. The van der Waals surface area contributed by atoms with Crippen LogP contribution in [0, 0.1) is 5.82 Å². The van der Waals surface area contributed by atoms with Crippen molar-refractivity contribution in [1.82, 2.24) is 15.2 Å². The molecule has 0 aliphatic carbocycles. The largest absolute Gasteiger partial charge is 0.465 e. The van der Waals surface area contributed by atoms with Crippen molar-refractivity contribution in [2.75, 3.05) is 6.54 Å². The Hall–Kier alpha value is -3.03. The number of alkyl halides is 1.